The van der Waals surface area contributed by atoms with E-state index < -0.39 is 12.7 Å². The van der Waals surface area contributed by atoms with E-state index in [2.05, 4.69) is 21.5 Å². The lowest BCUT2D eigenvalue weighted by Crippen LogP contribution is -2.47. The number of benzene rings is 1. The second-order valence-electron chi connectivity index (χ2n) is 8.48. The molecule has 1 aliphatic rings. The summed E-state index contributed by atoms with van der Waals surface area (Å²) in [7, 11) is 0. The third-order valence-electron chi connectivity index (χ3n) is 5.94. The molecule has 0 unspecified atom stereocenters. The number of halogens is 3. The van der Waals surface area contributed by atoms with Crippen molar-refractivity contribution in [2.75, 3.05) is 19.6 Å². The van der Waals surface area contributed by atoms with Gasteiger partial charge >= 0.3 is 6.18 Å². The van der Waals surface area contributed by atoms with Gasteiger partial charge in [-0.2, -0.15) is 28.2 Å². The number of nitrogens with zero attached hydrogens (tertiary/aromatic N) is 5. The summed E-state index contributed by atoms with van der Waals surface area (Å²) in [6.45, 7) is 1.42. The molecule has 11 heteroatoms. The molecule has 4 rings (SSSR count). The number of likely N-dealkylation sites (tertiary alicyclic amines) is 1. The van der Waals surface area contributed by atoms with E-state index in [1.54, 1.807) is 30.3 Å². The topological polar surface area (TPSA) is 107 Å². The number of aryl methyl sites for hydroxylation is 1. The van der Waals surface area contributed by atoms with Gasteiger partial charge in [0.2, 0.25) is 5.88 Å². The van der Waals surface area contributed by atoms with E-state index in [0.717, 1.165) is 11.1 Å². The van der Waals surface area contributed by atoms with Crippen molar-refractivity contribution in [3.05, 3.63) is 59.4 Å². The summed E-state index contributed by atoms with van der Waals surface area (Å²) in [6, 6.07) is 10.1. The summed E-state index contributed by atoms with van der Waals surface area (Å²) in [5.41, 5.74) is 2.82. The number of nitrogens with one attached hydrogen (secondary N) is 1. The van der Waals surface area contributed by atoms with Crippen LogP contribution in [-0.4, -0.2) is 62.5 Å². The number of carbonyl (C=O) groups excluding carboxylic acids is 1. The summed E-state index contributed by atoms with van der Waals surface area (Å²) in [6.07, 6.45) is -0.499. The monoisotopic (exact) mass is 484 g/mol. The number of piperidine rings is 1. The van der Waals surface area contributed by atoms with Gasteiger partial charge in [0.05, 0.1) is 35.5 Å². The van der Waals surface area contributed by atoms with Crippen molar-refractivity contribution in [3.63, 3.8) is 0 Å². The normalized spacial score (nSPS) is 15.1. The highest BCUT2D eigenvalue weighted by Crippen LogP contribution is 2.33. The molecule has 35 heavy (non-hydrogen) atoms. The molecule has 1 aliphatic heterocycles. The quantitative estimate of drug-likeness (QED) is 0.573. The SMILES string of the molecule is Cc1cc(C#N)ccc1-c1cnn(-c2ccc(C(=O)NC3CCN(CC(F)(F)F)CC3)cn2)c1O. The van der Waals surface area contributed by atoms with E-state index in [9.17, 15) is 23.1 Å². The number of carbonyl (C=O) groups is 1. The molecule has 1 aromatic carbocycles. The Balaban J connectivity index is 1.41. The van der Waals surface area contributed by atoms with E-state index in [1.165, 1.54) is 22.0 Å². The minimum absolute atomic E-state index is 0.131. The van der Waals surface area contributed by atoms with Crippen molar-refractivity contribution in [1.29, 1.82) is 5.26 Å². The van der Waals surface area contributed by atoms with Gasteiger partial charge in [0.15, 0.2) is 5.82 Å². The number of hydrogen-bond acceptors (Lipinski definition) is 6. The first-order chi connectivity index (χ1) is 16.6. The van der Waals surface area contributed by atoms with Crippen LogP contribution in [0.3, 0.4) is 0 Å². The van der Waals surface area contributed by atoms with E-state index >= 15 is 0 Å². The highest BCUT2D eigenvalue weighted by atomic mass is 19.4. The zero-order valence-corrected chi connectivity index (χ0v) is 18.9. The van der Waals surface area contributed by atoms with Crippen LogP contribution in [0.5, 0.6) is 5.88 Å². The van der Waals surface area contributed by atoms with Crippen LogP contribution in [0.15, 0.2) is 42.7 Å². The molecular formula is C24H23F3N6O2. The number of alkyl halides is 3. The number of aromatic nitrogens is 3. The number of hydrogen-bond donors (Lipinski definition) is 2. The fourth-order valence-corrected chi connectivity index (χ4v) is 4.14. The molecule has 182 valence electrons. The molecule has 0 spiro atoms. The fourth-order valence-electron chi connectivity index (χ4n) is 4.14. The van der Waals surface area contributed by atoms with Crippen LogP contribution >= 0.6 is 0 Å². The maximum absolute atomic E-state index is 12.6. The molecule has 1 saturated heterocycles. The fraction of sp³-hybridized carbons (Fsp3) is 0.333. The molecule has 2 N–H and O–H groups in total. The Kier molecular flexibility index (Phi) is 6.75. The molecule has 1 fully saturated rings. The van der Waals surface area contributed by atoms with Crippen LogP contribution in [0.2, 0.25) is 0 Å². The summed E-state index contributed by atoms with van der Waals surface area (Å²) in [4.78, 5) is 18.2. The summed E-state index contributed by atoms with van der Waals surface area (Å²) >= 11 is 0. The van der Waals surface area contributed by atoms with Crippen molar-refractivity contribution >= 4 is 5.91 Å². The number of aromatic hydroxyl groups is 1. The first-order valence-corrected chi connectivity index (χ1v) is 11.0. The van der Waals surface area contributed by atoms with Gasteiger partial charge in [-0.3, -0.25) is 9.69 Å². The lowest BCUT2D eigenvalue weighted by Gasteiger charge is -2.32. The number of amides is 1. The van der Waals surface area contributed by atoms with E-state index in [4.69, 9.17) is 5.26 Å². The summed E-state index contributed by atoms with van der Waals surface area (Å²) < 4.78 is 38.8. The predicted molar refractivity (Wildman–Crippen MR) is 121 cm³/mol. The Labute approximate surface area is 199 Å². The van der Waals surface area contributed by atoms with Crippen molar-refractivity contribution in [1.82, 2.24) is 25.0 Å². The summed E-state index contributed by atoms with van der Waals surface area (Å²) in [5.74, 6) is -0.193. The Morgan fingerprint density at radius 3 is 2.54 bits per heavy atom. The van der Waals surface area contributed by atoms with Crippen LogP contribution in [0, 0.1) is 18.3 Å². The highest BCUT2D eigenvalue weighted by molar-refractivity contribution is 5.94. The molecule has 0 radical (unpaired) electrons. The molecule has 1 amide bonds. The van der Waals surface area contributed by atoms with Gasteiger partial charge in [-0.05, 0) is 55.2 Å². The largest absolute Gasteiger partial charge is 0.493 e. The standard InChI is InChI=1S/C24H23F3N6O2/c1-15-10-16(11-28)2-4-19(15)20-13-30-33(23(20)35)21-5-3-17(12-29-21)22(34)31-18-6-8-32(9-7-18)14-24(25,26)27/h2-5,10,12-13,18,35H,6-9,14H2,1H3,(H,31,34). The predicted octanol–water partition coefficient (Wildman–Crippen LogP) is 3.58. The first kappa shape index (κ1) is 24.2. The Bertz CT molecular complexity index is 1260. The van der Waals surface area contributed by atoms with Crippen molar-refractivity contribution in [2.24, 2.45) is 0 Å². The molecule has 3 aromatic rings. The average molecular weight is 484 g/mol. The third kappa shape index (κ3) is 5.60. The Morgan fingerprint density at radius 2 is 1.94 bits per heavy atom. The van der Waals surface area contributed by atoms with Crippen LogP contribution in [0.4, 0.5) is 13.2 Å². The van der Waals surface area contributed by atoms with Gasteiger partial charge in [0.25, 0.3) is 5.91 Å². The van der Waals surface area contributed by atoms with Gasteiger partial charge in [-0.1, -0.05) is 6.07 Å². The van der Waals surface area contributed by atoms with E-state index in [-0.39, 0.29) is 30.9 Å². The molecule has 0 saturated carbocycles. The maximum Gasteiger partial charge on any atom is 0.401 e. The molecule has 0 aliphatic carbocycles. The Morgan fingerprint density at radius 1 is 1.20 bits per heavy atom. The molecular weight excluding hydrogens is 461 g/mol. The van der Waals surface area contributed by atoms with Gasteiger partial charge in [0, 0.05) is 25.3 Å². The first-order valence-electron chi connectivity index (χ1n) is 11.0. The van der Waals surface area contributed by atoms with Gasteiger partial charge in [0.1, 0.15) is 0 Å². The van der Waals surface area contributed by atoms with E-state index in [0.29, 0.717) is 35.3 Å². The smallest absolute Gasteiger partial charge is 0.401 e. The molecule has 0 bridgehead atoms. The second-order valence-corrected chi connectivity index (χ2v) is 8.48. The van der Waals surface area contributed by atoms with Crippen LogP contribution in [0.25, 0.3) is 16.9 Å². The summed E-state index contributed by atoms with van der Waals surface area (Å²) in [5, 5.41) is 26.8. The van der Waals surface area contributed by atoms with E-state index in [1.807, 2.05) is 6.92 Å². The number of pyridine rings is 1. The zero-order chi connectivity index (χ0) is 25.2. The van der Waals surface area contributed by atoms with Crippen LogP contribution < -0.4 is 5.32 Å². The van der Waals surface area contributed by atoms with Crippen molar-refractivity contribution in [3.8, 4) is 28.9 Å². The minimum Gasteiger partial charge on any atom is -0.493 e. The number of rotatable bonds is 5. The van der Waals surface area contributed by atoms with Crippen molar-refractivity contribution < 1.29 is 23.1 Å². The van der Waals surface area contributed by atoms with Crippen LogP contribution in [-0.2, 0) is 0 Å². The van der Waals surface area contributed by atoms with Gasteiger partial charge in [-0.15, -0.1) is 0 Å². The van der Waals surface area contributed by atoms with Gasteiger partial charge < -0.3 is 10.4 Å². The molecule has 8 nitrogen and oxygen atoms in total. The minimum atomic E-state index is -4.23. The molecule has 2 aromatic heterocycles. The third-order valence-corrected chi connectivity index (χ3v) is 5.94. The average Bonchev–Trinajstić information content (AvgIpc) is 3.20. The second kappa shape index (κ2) is 9.76. The maximum atomic E-state index is 12.6. The van der Waals surface area contributed by atoms with Gasteiger partial charge in [-0.25, -0.2) is 4.98 Å². The highest BCUT2D eigenvalue weighted by Gasteiger charge is 2.32. The molecule has 0 atom stereocenters. The van der Waals surface area contributed by atoms with Crippen LogP contribution in [0.1, 0.15) is 34.3 Å². The zero-order valence-electron chi connectivity index (χ0n) is 18.9. The lowest BCUT2D eigenvalue weighted by molar-refractivity contribution is -0.148. The lowest BCUT2D eigenvalue weighted by atomic mass is 10.0. The van der Waals surface area contributed by atoms with Crippen molar-refractivity contribution in [2.45, 2.75) is 32.0 Å². The Hall–Kier alpha value is -3.91. The number of nitriles is 1. The molecule has 3 heterocycles.